The van der Waals surface area contributed by atoms with Crippen LogP contribution in [0.4, 0.5) is 0 Å². The van der Waals surface area contributed by atoms with Crippen LogP contribution in [-0.4, -0.2) is 21.3 Å². The first-order valence-electron chi connectivity index (χ1n) is 5.95. The molecule has 2 rings (SSSR count). The van der Waals surface area contributed by atoms with Crippen LogP contribution < -0.4 is 5.73 Å². The summed E-state index contributed by atoms with van der Waals surface area (Å²) in [6, 6.07) is 6.44. The number of aromatic nitrogens is 3. The van der Waals surface area contributed by atoms with Gasteiger partial charge in [0.15, 0.2) is 5.16 Å². The molecule has 0 radical (unpaired) electrons. The van der Waals surface area contributed by atoms with E-state index >= 15 is 0 Å². The van der Waals surface area contributed by atoms with Crippen LogP contribution in [0.2, 0.25) is 0 Å². The average molecular weight is 262 g/mol. The summed E-state index contributed by atoms with van der Waals surface area (Å²) in [4.78, 5) is 1.21. The fourth-order valence-electron chi connectivity index (χ4n) is 1.73. The molecule has 0 atom stereocenters. The van der Waals surface area contributed by atoms with Gasteiger partial charge in [0.25, 0.3) is 0 Å². The quantitative estimate of drug-likeness (QED) is 0.916. The lowest BCUT2D eigenvalue weighted by Gasteiger charge is -2.09. The molecule has 0 saturated carbocycles. The third-order valence-electron chi connectivity index (χ3n) is 2.88. The lowest BCUT2D eigenvalue weighted by Crippen LogP contribution is -2.04. The normalized spacial score (nSPS) is 10.9. The molecule has 0 spiro atoms. The van der Waals surface area contributed by atoms with Crippen molar-refractivity contribution in [2.75, 3.05) is 6.54 Å². The molecule has 0 aliphatic rings. The topological polar surface area (TPSA) is 56.7 Å². The highest BCUT2D eigenvalue weighted by molar-refractivity contribution is 7.99. The van der Waals surface area contributed by atoms with Gasteiger partial charge in [-0.1, -0.05) is 17.7 Å². The van der Waals surface area contributed by atoms with E-state index in [1.807, 2.05) is 18.5 Å². The van der Waals surface area contributed by atoms with E-state index in [9.17, 15) is 0 Å². The number of benzene rings is 1. The van der Waals surface area contributed by atoms with E-state index in [2.05, 4.69) is 35.3 Å². The van der Waals surface area contributed by atoms with Gasteiger partial charge in [0.2, 0.25) is 0 Å². The van der Waals surface area contributed by atoms with Gasteiger partial charge in [0.1, 0.15) is 5.82 Å². The molecule has 2 N–H and O–H groups in total. The van der Waals surface area contributed by atoms with Gasteiger partial charge >= 0.3 is 0 Å². The van der Waals surface area contributed by atoms with Gasteiger partial charge in [-0.15, -0.1) is 10.2 Å². The predicted octanol–water partition coefficient (Wildman–Crippen LogP) is 2.08. The van der Waals surface area contributed by atoms with Crippen molar-refractivity contribution in [2.45, 2.75) is 30.3 Å². The molecule has 96 valence electrons. The first-order valence-corrected chi connectivity index (χ1v) is 6.77. The first-order chi connectivity index (χ1) is 8.61. The Bertz CT molecular complexity index is 548. The molecule has 4 nitrogen and oxygen atoms in total. The minimum Gasteiger partial charge on any atom is -0.330 e. The zero-order valence-electron chi connectivity index (χ0n) is 11.0. The number of hydrogen-bond acceptors (Lipinski definition) is 4. The molecule has 0 saturated heterocycles. The Morgan fingerprint density at radius 1 is 1.28 bits per heavy atom. The maximum absolute atomic E-state index is 5.66. The fourth-order valence-corrected chi connectivity index (χ4v) is 2.71. The zero-order chi connectivity index (χ0) is 13.1. The molecule has 1 heterocycles. The molecule has 0 aliphatic carbocycles. The first kappa shape index (κ1) is 13.1. The van der Waals surface area contributed by atoms with Crippen LogP contribution in [0.15, 0.2) is 28.3 Å². The maximum Gasteiger partial charge on any atom is 0.195 e. The van der Waals surface area contributed by atoms with Crippen LogP contribution in [0.3, 0.4) is 0 Å². The summed E-state index contributed by atoms with van der Waals surface area (Å²) in [7, 11) is 1.98. The van der Waals surface area contributed by atoms with Gasteiger partial charge in [0, 0.05) is 11.9 Å². The molecule has 0 unspecified atom stereocenters. The number of rotatable bonds is 4. The molecule has 5 heteroatoms. The predicted molar refractivity (Wildman–Crippen MR) is 73.8 cm³/mol. The Hall–Kier alpha value is -1.33. The molecular weight excluding hydrogens is 244 g/mol. The van der Waals surface area contributed by atoms with Crippen molar-refractivity contribution in [3.63, 3.8) is 0 Å². The third kappa shape index (κ3) is 2.73. The van der Waals surface area contributed by atoms with Gasteiger partial charge in [-0.2, -0.15) is 0 Å². The Balaban J connectivity index is 2.31. The standard InChI is InChI=1S/C13H18N4S/c1-9-4-5-12(11(8-9)6-7-14)18-13-16-15-10(2)17(13)3/h4-5,8H,6-7,14H2,1-3H3. The van der Waals surface area contributed by atoms with Crippen LogP contribution in [0.25, 0.3) is 0 Å². The second-order valence-electron chi connectivity index (χ2n) is 4.34. The lowest BCUT2D eigenvalue weighted by molar-refractivity contribution is 0.765. The SMILES string of the molecule is Cc1ccc(Sc2nnc(C)n2C)c(CCN)c1. The number of aryl methyl sites for hydroxylation is 2. The summed E-state index contributed by atoms with van der Waals surface area (Å²) in [6.45, 7) is 4.71. The summed E-state index contributed by atoms with van der Waals surface area (Å²) < 4.78 is 2.00. The smallest absolute Gasteiger partial charge is 0.195 e. The van der Waals surface area contributed by atoms with Crippen molar-refractivity contribution in [1.82, 2.24) is 14.8 Å². The average Bonchev–Trinajstić information content (AvgIpc) is 2.65. The van der Waals surface area contributed by atoms with Crippen LogP contribution in [0.1, 0.15) is 17.0 Å². The lowest BCUT2D eigenvalue weighted by atomic mass is 10.1. The minimum atomic E-state index is 0.662. The van der Waals surface area contributed by atoms with Crippen molar-refractivity contribution in [2.24, 2.45) is 12.8 Å². The zero-order valence-corrected chi connectivity index (χ0v) is 11.8. The van der Waals surface area contributed by atoms with Crippen molar-refractivity contribution in [1.29, 1.82) is 0 Å². The van der Waals surface area contributed by atoms with E-state index in [1.165, 1.54) is 16.0 Å². The van der Waals surface area contributed by atoms with Gasteiger partial charge in [0.05, 0.1) is 0 Å². The molecular formula is C13H18N4S. The van der Waals surface area contributed by atoms with Gasteiger partial charge < -0.3 is 10.3 Å². The summed E-state index contributed by atoms with van der Waals surface area (Å²) in [6.07, 6.45) is 0.890. The fraction of sp³-hybridized carbons (Fsp3) is 0.385. The van der Waals surface area contributed by atoms with Crippen molar-refractivity contribution < 1.29 is 0 Å². The van der Waals surface area contributed by atoms with Crippen molar-refractivity contribution in [3.8, 4) is 0 Å². The highest BCUT2D eigenvalue weighted by Crippen LogP contribution is 2.30. The molecule has 1 aromatic carbocycles. The molecule has 18 heavy (non-hydrogen) atoms. The maximum atomic E-state index is 5.66. The van der Waals surface area contributed by atoms with E-state index < -0.39 is 0 Å². The second-order valence-corrected chi connectivity index (χ2v) is 5.35. The third-order valence-corrected chi connectivity index (χ3v) is 4.04. The van der Waals surface area contributed by atoms with Crippen molar-refractivity contribution in [3.05, 3.63) is 35.2 Å². The molecule has 2 aromatic rings. The molecule has 0 aliphatic heterocycles. The number of nitrogens with two attached hydrogens (primary N) is 1. The summed E-state index contributed by atoms with van der Waals surface area (Å²) in [5, 5.41) is 9.16. The molecule has 1 aromatic heterocycles. The van der Waals surface area contributed by atoms with E-state index in [4.69, 9.17) is 5.73 Å². The van der Waals surface area contributed by atoms with E-state index in [0.29, 0.717) is 6.54 Å². The van der Waals surface area contributed by atoms with Crippen LogP contribution >= 0.6 is 11.8 Å². The summed E-state index contributed by atoms with van der Waals surface area (Å²) >= 11 is 1.64. The largest absolute Gasteiger partial charge is 0.330 e. The Kier molecular flexibility index (Phi) is 4.04. The highest BCUT2D eigenvalue weighted by atomic mass is 32.2. The van der Waals surface area contributed by atoms with Crippen LogP contribution in [-0.2, 0) is 13.5 Å². The number of hydrogen-bond donors (Lipinski definition) is 1. The Morgan fingerprint density at radius 3 is 2.67 bits per heavy atom. The van der Waals surface area contributed by atoms with E-state index in [0.717, 1.165) is 17.4 Å². The van der Waals surface area contributed by atoms with E-state index in [1.54, 1.807) is 11.8 Å². The summed E-state index contributed by atoms with van der Waals surface area (Å²) in [5.41, 5.74) is 8.21. The summed E-state index contributed by atoms with van der Waals surface area (Å²) in [5.74, 6) is 0.921. The molecule has 0 bridgehead atoms. The van der Waals surface area contributed by atoms with Gasteiger partial charge in [-0.25, -0.2) is 0 Å². The number of nitrogens with zero attached hydrogens (tertiary/aromatic N) is 3. The molecule has 0 amide bonds. The monoisotopic (exact) mass is 262 g/mol. The Labute approximate surface area is 112 Å². The van der Waals surface area contributed by atoms with Gasteiger partial charge in [-0.3, -0.25) is 0 Å². The minimum absolute atomic E-state index is 0.662. The second kappa shape index (κ2) is 5.54. The Morgan fingerprint density at radius 2 is 2.06 bits per heavy atom. The van der Waals surface area contributed by atoms with E-state index in [-0.39, 0.29) is 0 Å². The van der Waals surface area contributed by atoms with Crippen molar-refractivity contribution >= 4 is 11.8 Å². The van der Waals surface area contributed by atoms with Gasteiger partial charge in [-0.05, 0) is 50.2 Å². The highest BCUT2D eigenvalue weighted by Gasteiger charge is 2.10. The molecule has 0 fully saturated rings. The van der Waals surface area contributed by atoms with Crippen LogP contribution in [0.5, 0.6) is 0 Å². The van der Waals surface area contributed by atoms with Crippen LogP contribution in [0, 0.1) is 13.8 Å².